The van der Waals surface area contributed by atoms with Crippen molar-refractivity contribution >= 4 is 22.9 Å². The molecule has 7 nitrogen and oxygen atoms in total. The van der Waals surface area contributed by atoms with Gasteiger partial charge in [-0.05, 0) is 6.42 Å². The van der Waals surface area contributed by atoms with Crippen LogP contribution in [0.15, 0.2) is 12.4 Å². The van der Waals surface area contributed by atoms with Crippen molar-refractivity contribution in [3.8, 4) is 0 Å². The molecule has 0 bridgehead atoms. The van der Waals surface area contributed by atoms with E-state index in [-0.39, 0.29) is 17.0 Å². The van der Waals surface area contributed by atoms with Gasteiger partial charge in [-0.1, -0.05) is 0 Å². The third-order valence-corrected chi connectivity index (χ3v) is 4.36. The zero-order chi connectivity index (χ0) is 15.3. The Morgan fingerprint density at radius 1 is 1.36 bits per heavy atom. The van der Waals surface area contributed by atoms with Crippen molar-refractivity contribution in [2.45, 2.75) is 19.4 Å². The van der Waals surface area contributed by atoms with Gasteiger partial charge in [0.05, 0.1) is 17.8 Å². The number of halogens is 2. The minimum Gasteiger partial charge on any atom is -0.314 e. The summed E-state index contributed by atoms with van der Waals surface area (Å²) in [6, 6.07) is 0. The van der Waals surface area contributed by atoms with Crippen LogP contribution in [0.3, 0.4) is 0 Å². The van der Waals surface area contributed by atoms with E-state index in [2.05, 4.69) is 20.4 Å². The summed E-state index contributed by atoms with van der Waals surface area (Å²) in [4.78, 5) is 22.6. The lowest BCUT2D eigenvalue weighted by Crippen LogP contribution is -2.57. The predicted molar refractivity (Wildman–Crippen MR) is 73.6 cm³/mol. The summed E-state index contributed by atoms with van der Waals surface area (Å²) in [7, 11) is 0. The van der Waals surface area contributed by atoms with E-state index >= 15 is 0 Å². The predicted octanol–water partition coefficient (Wildman–Crippen LogP) is 0.418. The number of alkyl halides is 2. The molecule has 2 fully saturated rings. The molecule has 2 aromatic rings. The first-order valence-corrected chi connectivity index (χ1v) is 7.08. The number of anilines is 1. The molecule has 2 aliphatic rings. The molecule has 116 valence electrons. The van der Waals surface area contributed by atoms with Crippen molar-refractivity contribution in [2.24, 2.45) is 5.41 Å². The number of hydrogen-bond donors (Lipinski definition) is 1. The molecule has 9 heteroatoms. The Hall–Kier alpha value is -2.16. The second-order valence-corrected chi connectivity index (χ2v) is 5.75. The van der Waals surface area contributed by atoms with E-state index in [4.69, 9.17) is 0 Å². The fourth-order valence-electron chi connectivity index (χ4n) is 3.03. The third-order valence-electron chi connectivity index (χ3n) is 4.36. The Labute approximate surface area is 124 Å². The zero-order valence-corrected chi connectivity index (χ0v) is 11.7. The number of nitrogens with zero attached hydrogens (tertiary/aromatic N) is 5. The van der Waals surface area contributed by atoms with Gasteiger partial charge in [-0.15, -0.1) is 0 Å². The molecule has 22 heavy (non-hydrogen) atoms. The van der Waals surface area contributed by atoms with Gasteiger partial charge >= 0.3 is 0 Å². The van der Waals surface area contributed by atoms with Crippen molar-refractivity contribution in [1.82, 2.24) is 25.1 Å². The molecule has 0 unspecified atom stereocenters. The standard InChI is InChI=1S/C13H14F2N6O/c14-9(15)5-21-11-8(3-18-21)17-4-10(19-11)20-2-1-13(12(20)22)6-16-7-13/h3-4,9,16H,1-2,5-7H2. The molecular weight excluding hydrogens is 294 g/mol. The van der Waals surface area contributed by atoms with Crippen LogP contribution in [0.5, 0.6) is 0 Å². The quantitative estimate of drug-likeness (QED) is 0.889. The lowest BCUT2D eigenvalue weighted by atomic mass is 9.80. The van der Waals surface area contributed by atoms with E-state index < -0.39 is 13.0 Å². The van der Waals surface area contributed by atoms with Crippen LogP contribution in [0.4, 0.5) is 14.6 Å². The number of fused-ring (bicyclic) bond motifs is 1. The highest BCUT2D eigenvalue weighted by atomic mass is 19.3. The van der Waals surface area contributed by atoms with Crippen LogP contribution < -0.4 is 10.2 Å². The lowest BCUT2D eigenvalue weighted by Gasteiger charge is -2.36. The van der Waals surface area contributed by atoms with Crippen LogP contribution in [-0.4, -0.2) is 51.7 Å². The molecule has 4 heterocycles. The van der Waals surface area contributed by atoms with Gasteiger partial charge < -0.3 is 5.32 Å². The molecule has 1 N–H and O–H groups in total. The van der Waals surface area contributed by atoms with E-state index in [1.807, 2.05) is 0 Å². The summed E-state index contributed by atoms with van der Waals surface area (Å²) < 4.78 is 26.3. The Balaban J connectivity index is 1.69. The molecule has 2 saturated heterocycles. The molecule has 0 radical (unpaired) electrons. The highest BCUT2D eigenvalue weighted by Crippen LogP contribution is 2.37. The van der Waals surface area contributed by atoms with E-state index in [0.717, 1.165) is 11.1 Å². The minimum absolute atomic E-state index is 0.0276. The number of amides is 1. The summed E-state index contributed by atoms with van der Waals surface area (Å²) in [5.41, 5.74) is 0.397. The number of carbonyl (C=O) groups excluding carboxylic acids is 1. The lowest BCUT2D eigenvalue weighted by molar-refractivity contribution is -0.127. The Morgan fingerprint density at radius 3 is 2.82 bits per heavy atom. The molecule has 0 saturated carbocycles. The van der Waals surface area contributed by atoms with Gasteiger partial charge in [0, 0.05) is 19.6 Å². The second-order valence-electron chi connectivity index (χ2n) is 5.75. The molecule has 1 spiro atoms. The first-order chi connectivity index (χ1) is 10.6. The largest absolute Gasteiger partial charge is 0.314 e. The second kappa shape index (κ2) is 4.67. The average molecular weight is 308 g/mol. The van der Waals surface area contributed by atoms with Gasteiger partial charge in [-0.3, -0.25) is 9.69 Å². The van der Waals surface area contributed by atoms with E-state index in [0.29, 0.717) is 31.0 Å². The van der Waals surface area contributed by atoms with Gasteiger partial charge in [-0.25, -0.2) is 23.4 Å². The molecular formula is C13H14F2N6O. The van der Waals surface area contributed by atoms with Crippen molar-refractivity contribution < 1.29 is 13.6 Å². The summed E-state index contributed by atoms with van der Waals surface area (Å²) >= 11 is 0. The molecule has 0 atom stereocenters. The van der Waals surface area contributed by atoms with Gasteiger partial charge in [0.1, 0.15) is 12.1 Å². The van der Waals surface area contributed by atoms with E-state index in [1.54, 1.807) is 4.90 Å². The van der Waals surface area contributed by atoms with Gasteiger partial charge in [-0.2, -0.15) is 5.10 Å². The van der Waals surface area contributed by atoms with Crippen LogP contribution >= 0.6 is 0 Å². The van der Waals surface area contributed by atoms with Crippen molar-refractivity contribution in [1.29, 1.82) is 0 Å². The van der Waals surface area contributed by atoms with Crippen LogP contribution in [0.2, 0.25) is 0 Å². The van der Waals surface area contributed by atoms with Crippen LogP contribution in [-0.2, 0) is 11.3 Å². The maximum atomic E-state index is 12.6. The summed E-state index contributed by atoms with van der Waals surface area (Å²) in [5.74, 6) is 0.428. The van der Waals surface area contributed by atoms with Crippen LogP contribution in [0.25, 0.3) is 11.2 Å². The Morgan fingerprint density at radius 2 is 2.18 bits per heavy atom. The number of rotatable bonds is 3. The Kier molecular flexibility index (Phi) is 2.86. The molecule has 0 aromatic carbocycles. The van der Waals surface area contributed by atoms with Crippen molar-refractivity contribution in [3.05, 3.63) is 12.4 Å². The number of hydrogen-bond acceptors (Lipinski definition) is 5. The average Bonchev–Trinajstić information content (AvgIpc) is 2.99. The highest BCUT2D eigenvalue weighted by Gasteiger charge is 2.51. The van der Waals surface area contributed by atoms with Gasteiger partial charge in [0.25, 0.3) is 6.43 Å². The summed E-state index contributed by atoms with van der Waals surface area (Å²) in [6.45, 7) is 1.40. The van der Waals surface area contributed by atoms with E-state index in [1.165, 1.54) is 12.4 Å². The smallest absolute Gasteiger partial charge is 0.258 e. The summed E-state index contributed by atoms with van der Waals surface area (Å²) in [5, 5.41) is 7.00. The van der Waals surface area contributed by atoms with Crippen molar-refractivity contribution in [3.63, 3.8) is 0 Å². The first kappa shape index (κ1) is 13.5. The molecule has 0 aliphatic carbocycles. The normalized spacial score (nSPS) is 20.3. The monoisotopic (exact) mass is 308 g/mol. The van der Waals surface area contributed by atoms with Crippen LogP contribution in [0, 0.1) is 5.41 Å². The van der Waals surface area contributed by atoms with Crippen molar-refractivity contribution in [2.75, 3.05) is 24.5 Å². The van der Waals surface area contributed by atoms with Crippen LogP contribution in [0.1, 0.15) is 6.42 Å². The summed E-state index contributed by atoms with van der Waals surface area (Å²) in [6.07, 6.45) is 1.15. The topological polar surface area (TPSA) is 75.9 Å². The minimum atomic E-state index is -2.52. The molecule has 2 aromatic heterocycles. The first-order valence-electron chi connectivity index (χ1n) is 7.08. The number of aromatic nitrogens is 4. The molecule has 1 amide bonds. The number of nitrogens with one attached hydrogen (secondary N) is 1. The third kappa shape index (κ3) is 1.88. The maximum absolute atomic E-state index is 12.6. The van der Waals surface area contributed by atoms with E-state index in [9.17, 15) is 13.6 Å². The fourth-order valence-corrected chi connectivity index (χ4v) is 3.03. The Bertz CT molecular complexity index is 741. The highest BCUT2D eigenvalue weighted by molar-refractivity contribution is 6.00. The number of carbonyl (C=O) groups is 1. The molecule has 4 rings (SSSR count). The SMILES string of the molecule is O=C1N(c2cnc3cnn(CC(F)F)c3n2)CCC12CNC2. The van der Waals surface area contributed by atoms with Gasteiger partial charge in [0.2, 0.25) is 5.91 Å². The van der Waals surface area contributed by atoms with Gasteiger partial charge in [0.15, 0.2) is 11.5 Å². The fraction of sp³-hybridized carbons (Fsp3) is 0.538. The maximum Gasteiger partial charge on any atom is 0.258 e. The molecule has 2 aliphatic heterocycles. The zero-order valence-electron chi connectivity index (χ0n) is 11.7.